The maximum Gasteiger partial charge on any atom is 0.243 e. The van der Waals surface area contributed by atoms with E-state index in [2.05, 4.69) is 20.5 Å². The van der Waals surface area contributed by atoms with E-state index in [1.165, 1.54) is 0 Å². The fraction of sp³-hybridized carbons (Fsp3) is 0.150. The molecule has 0 unspecified atom stereocenters. The normalized spacial score (nSPS) is 10.8. The molecule has 1 heterocycles. The Labute approximate surface area is 147 Å². The Kier molecular flexibility index (Phi) is 5.36. The number of benzene rings is 2. The smallest absolute Gasteiger partial charge is 0.243 e. The molecule has 0 bridgehead atoms. The molecule has 0 fully saturated rings. The van der Waals surface area contributed by atoms with Crippen LogP contribution in [0.2, 0.25) is 0 Å². The third-order valence-electron chi connectivity index (χ3n) is 3.49. The topological polar surface area (TPSA) is 59.4 Å². The lowest BCUT2D eigenvalue weighted by atomic mass is 10.2. The molecule has 126 valence electrons. The van der Waals surface area contributed by atoms with Crippen LogP contribution in [-0.4, -0.2) is 16.2 Å². The van der Waals surface area contributed by atoms with Crippen LogP contribution in [-0.2, 0) is 6.61 Å². The largest absolute Gasteiger partial charge is 0.489 e. The molecule has 0 amide bonds. The van der Waals surface area contributed by atoms with E-state index in [-0.39, 0.29) is 0 Å². The zero-order valence-electron chi connectivity index (χ0n) is 14.3. The number of anilines is 1. The number of nitrogens with zero attached hydrogens (tertiary/aromatic N) is 3. The van der Waals surface area contributed by atoms with Crippen LogP contribution < -0.4 is 10.2 Å². The highest BCUT2D eigenvalue weighted by atomic mass is 16.5. The zero-order chi connectivity index (χ0) is 17.5. The summed E-state index contributed by atoms with van der Waals surface area (Å²) in [6.45, 7) is 4.41. The van der Waals surface area contributed by atoms with Crippen molar-refractivity contribution in [3.8, 4) is 5.75 Å². The molecule has 0 radical (unpaired) electrons. The average molecular weight is 332 g/mol. The van der Waals surface area contributed by atoms with Gasteiger partial charge in [0.25, 0.3) is 0 Å². The molecule has 2 aromatic carbocycles. The lowest BCUT2D eigenvalue weighted by Gasteiger charge is -2.06. The van der Waals surface area contributed by atoms with Gasteiger partial charge in [-0.3, -0.25) is 0 Å². The second-order valence-electron chi connectivity index (χ2n) is 5.69. The molecule has 25 heavy (non-hydrogen) atoms. The summed E-state index contributed by atoms with van der Waals surface area (Å²) < 4.78 is 5.77. The minimum atomic E-state index is 0.497. The molecule has 0 saturated heterocycles. The van der Waals surface area contributed by atoms with Gasteiger partial charge in [-0.2, -0.15) is 5.10 Å². The van der Waals surface area contributed by atoms with Crippen molar-refractivity contribution in [3.05, 3.63) is 83.2 Å². The van der Waals surface area contributed by atoms with Crippen LogP contribution >= 0.6 is 0 Å². The molecule has 0 atom stereocenters. The highest BCUT2D eigenvalue weighted by Crippen LogP contribution is 2.13. The van der Waals surface area contributed by atoms with E-state index < -0.39 is 0 Å². The fourth-order valence-electron chi connectivity index (χ4n) is 2.33. The molecule has 0 aliphatic heterocycles. The number of hydrogen-bond donors (Lipinski definition) is 1. The second kappa shape index (κ2) is 8.06. The van der Waals surface area contributed by atoms with E-state index in [0.717, 1.165) is 28.3 Å². The van der Waals surface area contributed by atoms with E-state index in [4.69, 9.17) is 4.74 Å². The van der Waals surface area contributed by atoms with Gasteiger partial charge in [0.05, 0.1) is 6.21 Å². The maximum absolute atomic E-state index is 5.77. The number of nitrogens with one attached hydrogen (secondary N) is 1. The highest BCUT2D eigenvalue weighted by Gasteiger charge is 1.98. The lowest BCUT2D eigenvalue weighted by molar-refractivity contribution is 0.306. The first kappa shape index (κ1) is 16.6. The van der Waals surface area contributed by atoms with Crippen LogP contribution in [0.25, 0.3) is 0 Å². The number of aromatic nitrogens is 2. The Hall–Kier alpha value is -3.21. The first-order valence-electron chi connectivity index (χ1n) is 8.07. The Balaban J connectivity index is 1.55. The Bertz CT molecular complexity index is 825. The van der Waals surface area contributed by atoms with Gasteiger partial charge in [0.2, 0.25) is 5.95 Å². The highest BCUT2D eigenvalue weighted by molar-refractivity contribution is 5.80. The number of rotatable bonds is 6. The van der Waals surface area contributed by atoms with E-state index >= 15 is 0 Å². The predicted molar refractivity (Wildman–Crippen MR) is 99.9 cm³/mol. The Morgan fingerprint density at radius 1 is 0.960 bits per heavy atom. The summed E-state index contributed by atoms with van der Waals surface area (Å²) in [4.78, 5) is 8.55. The molecule has 1 N–H and O–H groups in total. The van der Waals surface area contributed by atoms with Crippen molar-refractivity contribution in [2.45, 2.75) is 20.5 Å². The van der Waals surface area contributed by atoms with Crippen LogP contribution in [0.3, 0.4) is 0 Å². The lowest BCUT2D eigenvalue weighted by Crippen LogP contribution is -1.99. The first-order chi connectivity index (χ1) is 12.2. The number of hydrogen-bond acceptors (Lipinski definition) is 5. The number of aryl methyl sites for hydroxylation is 2. The zero-order valence-corrected chi connectivity index (χ0v) is 14.3. The minimum Gasteiger partial charge on any atom is -0.489 e. The molecule has 0 saturated carbocycles. The quantitative estimate of drug-likeness (QED) is 0.545. The summed E-state index contributed by atoms with van der Waals surface area (Å²) >= 11 is 0. The summed E-state index contributed by atoms with van der Waals surface area (Å²) in [6, 6.07) is 19.8. The number of ether oxygens (including phenoxy) is 1. The molecule has 0 aliphatic rings. The molecule has 3 rings (SSSR count). The summed E-state index contributed by atoms with van der Waals surface area (Å²) in [6.07, 6.45) is 1.72. The molecule has 3 aromatic rings. The van der Waals surface area contributed by atoms with Crippen molar-refractivity contribution in [1.82, 2.24) is 9.97 Å². The van der Waals surface area contributed by atoms with Crippen molar-refractivity contribution >= 4 is 12.2 Å². The van der Waals surface area contributed by atoms with Crippen molar-refractivity contribution in [2.75, 3.05) is 5.43 Å². The Morgan fingerprint density at radius 3 is 2.32 bits per heavy atom. The predicted octanol–water partition coefficient (Wildman–Crippen LogP) is 4.12. The second-order valence-corrected chi connectivity index (χ2v) is 5.69. The summed E-state index contributed by atoms with van der Waals surface area (Å²) in [5.41, 5.74) is 6.77. The average Bonchev–Trinajstić information content (AvgIpc) is 2.61. The van der Waals surface area contributed by atoms with E-state index in [0.29, 0.717) is 12.6 Å². The monoisotopic (exact) mass is 332 g/mol. The molecule has 0 spiro atoms. The van der Waals surface area contributed by atoms with Crippen LogP contribution in [0.1, 0.15) is 22.5 Å². The van der Waals surface area contributed by atoms with Crippen molar-refractivity contribution in [2.24, 2.45) is 5.10 Å². The van der Waals surface area contributed by atoms with E-state index in [1.54, 1.807) is 6.21 Å². The van der Waals surface area contributed by atoms with Gasteiger partial charge in [0, 0.05) is 11.4 Å². The van der Waals surface area contributed by atoms with Crippen molar-refractivity contribution in [1.29, 1.82) is 0 Å². The van der Waals surface area contributed by atoms with E-state index in [1.807, 2.05) is 74.5 Å². The first-order valence-corrected chi connectivity index (χ1v) is 8.07. The summed E-state index contributed by atoms with van der Waals surface area (Å²) in [5, 5.41) is 4.18. The SMILES string of the molecule is Cc1cc(C)nc(N/N=C/c2ccc(OCc3ccccc3)cc2)n1. The molecule has 0 aliphatic carbocycles. The summed E-state index contributed by atoms with van der Waals surface area (Å²) in [7, 11) is 0. The molecular formula is C20H20N4O. The minimum absolute atomic E-state index is 0.497. The molecular weight excluding hydrogens is 312 g/mol. The van der Waals surface area contributed by atoms with Crippen molar-refractivity contribution in [3.63, 3.8) is 0 Å². The number of hydrazone groups is 1. The Morgan fingerprint density at radius 2 is 1.64 bits per heavy atom. The summed E-state index contributed by atoms with van der Waals surface area (Å²) in [5.74, 6) is 1.32. The fourth-order valence-corrected chi connectivity index (χ4v) is 2.33. The third kappa shape index (κ3) is 5.14. The van der Waals surface area contributed by atoms with Crippen molar-refractivity contribution < 1.29 is 4.74 Å². The van der Waals surface area contributed by atoms with E-state index in [9.17, 15) is 0 Å². The van der Waals surface area contributed by atoms with Gasteiger partial charge in [0.15, 0.2) is 0 Å². The van der Waals surface area contributed by atoms with Gasteiger partial charge >= 0.3 is 0 Å². The van der Waals surface area contributed by atoms with Crippen LogP contribution in [0.5, 0.6) is 5.75 Å². The van der Waals surface area contributed by atoms with Gasteiger partial charge in [-0.25, -0.2) is 15.4 Å². The van der Waals surface area contributed by atoms with Gasteiger partial charge in [-0.15, -0.1) is 0 Å². The van der Waals surface area contributed by atoms with Crippen LogP contribution in [0, 0.1) is 13.8 Å². The van der Waals surface area contributed by atoms with Gasteiger partial charge < -0.3 is 4.74 Å². The molecule has 5 nitrogen and oxygen atoms in total. The molecule has 1 aromatic heterocycles. The van der Waals surface area contributed by atoms with Gasteiger partial charge in [-0.1, -0.05) is 30.3 Å². The van der Waals surface area contributed by atoms with Gasteiger partial charge in [-0.05, 0) is 55.3 Å². The maximum atomic E-state index is 5.77. The van der Waals surface area contributed by atoms with Crippen LogP contribution in [0.15, 0.2) is 65.8 Å². The van der Waals surface area contributed by atoms with Gasteiger partial charge in [0.1, 0.15) is 12.4 Å². The standard InChI is InChI=1S/C20H20N4O/c1-15-12-16(2)23-20(22-15)24-21-13-17-8-10-19(11-9-17)25-14-18-6-4-3-5-7-18/h3-13H,14H2,1-2H3,(H,22,23,24)/b21-13+. The third-order valence-corrected chi connectivity index (χ3v) is 3.49. The van der Waals surface area contributed by atoms with Crippen LogP contribution in [0.4, 0.5) is 5.95 Å². The molecule has 5 heteroatoms.